The average Bonchev–Trinajstić information content (AvgIpc) is 2.24. The zero-order valence-electron chi connectivity index (χ0n) is 11.9. The molecule has 0 radical (unpaired) electrons. The van der Waals surface area contributed by atoms with E-state index < -0.39 is 0 Å². The highest BCUT2D eigenvalue weighted by atomic mass is 16.2. The summed E-state index contributed by atoms with van der Waals surface area (Å²) in [6, 6.07) is -0.133. The summed E-state index contributed by atoms with van der Waals surface area (Å²) >= 11 is 0. The van der Waals surface area contributed by atoms with Crippen molar-refractivity contribution in [2.45, 2.75) is 46.1 Å². The highest BCUT2D eigenvalue weighted by Gasteiger charge is 2.21. The normalized spacial score (nSPS) is 17.4. The molecular weight excluding hydrogens is 230 g/mol. The Morgan fingerprint density at radius 3 is 2.28 bits per heavy atom. The van der Waals surface area contributed by atoms with Gasteiger partial charge in [-0.25, -0.2) is 4.79 Å². The predicted molar refractivity (Wildman–Crippen MR) is 71.3 cm³/mol. The Balaban J connectivity index is 2.27. The first-order valence-corrected chi connectivity index (χ1v) is 6.62. The van der Waals surface area contributed by atoms with E-state index in [0.717, 1.165) is 25.9 Å². The summed E-state index contributed by atoms with van der Waals surface area (Å²) in [5.41, 5.74) is -0.262. The lowest BCUT2D eigenvalue weighted by molar-refractivity contribution is -0.121. The second-order valence-electron chi connectivity index (χ2n) is 6.13. The molecule has 0 aromatic rings. The van der Waals surface area contributed by atoms with Gasteiger partial charge in [0.05, 0.1) is 6.54 Å². The largest absolute Gasteiger partial charge is 0.350 e. The molecule has 1 aliphatic rings. The van der Waals surface area contributed by atoms with Gasteiger partial charge in [0.15, 0.2) is 0 Å². The van der Waals surface area contributed by atoms with Crippen molar-refractivity contribution in [2.24, 2.45) is 5.92 Å². The Morgan fingerprint density at radius 2 is 1.78 bits per heavy atom. The van der Waals surface area contributed by atoms with Crippen LogP contribution in [0.25, 0.3) is 0 Å². The molecule has 0 aromatic heterocycles. The van der Waals surface area contributed by atoms with Crippen LogP contribution in [0.15, 0.2) is 0 Å². The molecule has 0 aromatic carbocycles. The number of amides is 3. The van der Waals surface area contributed by atoms with E-state index in [2.05, 4.69) is 17.6 Å². The number of likely N-dealkylation sites (tertiary alicyclic amines) is 1. The second kappa shape index (κ2) is 6.07. The fourth-order valence-electron chi connectivity index (χ4n) is 1.94. The van der Waals surface area contributed by atoms with Crippen molar-refractivity contribution in [2.75, 3.05) is 19.6 Å². The molecule has 1 rings (SSSR count). The van der Waals surface area contributed by atoms with E-state index in [0.29, 0.717) is 5.92 Å². The van der Waals surface area contributed by atoms with Crippen molar-refractivity contribution >= 4 is 11.9 Å². The summed E-state index contributed by atoms with van der Waals surface area (Å²) < 4.78 is 0. The maximum Gasteiger partial charge on any atom is 0.317 e. The molecule has 5 nitrogen and oxygen atoms in total. The molecule has 1 fully saturated rings. The third-order valence-electron chi connectivity index (χ3n) is 2.99. The van der Waals surface area contributed by atoms with Crippen molar-refractivity contribution in [3.05, 3.63) is 0 Å². The number of carbonyl (C=O) groups excluding carboxylic acids is 2. The lowest BCUT2D eigenvalue weighted by Crippen LogP contribution is -2.49. The van der Waals surface area contributed by atoms with E-state index in [9.17, 15) is 9.59 Å². The second-order valence-corrected chi connectivity index (χ2v) is 6.13. The molecule has 18 heavy (non-hydrogen) atoms. The molecule has 0 spiro atoms. The van der Waals surface area contributed by atoms with E-state index in [1.807, 2.05) is 20.8 Å². The zero-order chi connectivity index (χ0) is 13.8. The Bertz CT molecular complexity index is 302. The topological polar surface area (TPSA) is 61.4 Å². The van der Waals surface area contributed by atoms with E-state index in [1.165, 1.54) is 0 Å². The van der Waals surface area contributed by atoms with Crippen LogP contribution < -0.4 is 10.6 Å². The molecule has 1 aliphatic heterocycles. The monoisotopic (exact) mass is 255 g/mol. The maximum atomic E-state index is 11.8. The Hall–Kier alpha value is -1.26. The Morgan fingerprint density at radius 1 is 1.22 bits per heavy atom. The number of hydrogen-bond acceptors (Lipinski definition) is 2. The van der Waals surface area contributed by atoms with Gasteiger partial charge in [-0.3, -0.25) is 4.79 Å². The Kier molecular flexibility index (Phi) is 4.99. The van der Waals surface area contributed by atoms with E-state index >= 15 is 0 Å². The van der Waals surface area contributed by atoms with Crippen molar-refractivity contribution < 1.29 is 9.59 Å². The van der Waals surface area contributed by atoms with Gasteiger partial charge < -0.3 is 15.5 Å². The number of carbonyl (C=O) groups is 2. The molecule has 0 atom stereocenters. The van der Waals surface area contributed by atoms with Gasteiger partial charge in [0.25, 0.3) is 0 Å². The van der Waals surface area contributed by atoms with Gasteiger partial charge in [-0.15, -0.1) is 0 Å². The SMILES string of the molecule is CC1CCN(C(=O)NCC(=O)NC(C)(C)C)CC1. The van der Waals surface area contributed by atoms with Gasteiger partial charge in [-0.05, 0) is 39.5 Å². The first-order valence-electron chi connectivity index (χ1n) is 6.62. The fourth-order valence-corrected chi connectivity index (χ4v) is 1.94. The lowest BCUT2D eigenvalue weighted by Gasteiger charge is -2.30. The molecule has 0 unspecified atom stereocenters. The molecule has 0 aliphatic carbocycles. The van der Waals surface area contributed by atoms with Crippen LogP contribution >= 0.6 is 0 Å². The zero-order valence-corrected chi connectivity index (χ0v) is 11.9. The minimum Gasteiger partial charge on any atom is -0.350 e. The summed E-state index contributed by atoms with van der Waals surface area (Å²) in [6.07, 6.45) is 2.09. The number of urea groups is 1. The van der Waals surface area contributed by atoms with Gasteiger partial charge in [0.2, 0.25) is 5.91 Å². The first kappa shape index (κ1) is 14.8. The van der Waals surface area contributed by atoms with Crippen LogP contribution in [0.1, 0.15) is 40.5 Å². The van der Waals surface area contributed by atoms with Gasteiger partial charge in [-0.1, -0.05) is 6.92 Å². The third kappa shape index (κ3) is 5.38. The van der Waals surface area contributed by atoms with Gasteiger partial charge in [-0.2, -0.15) is 0 Å². The summed E-state index contributed by atoms with van der Waals surface area (Å²) in [4.78, 5) is 25.1. The van der Waals surface area contributed by atoms with Gasteiger partial charge in [0.1, 0.15) is 0 Å². The third-order valence-corrected chi connectivity index (χ3v) is 2.99. The minimum atomic E-state index is -0.262. The molecule has 0 bridgehead atoms. The van der Waals surface area contributed by atoms with Crippen LogP contribution in [0.5, 0.6) is 0 Å². The average molecular weight is 255 g/mol. The highest BCUT2D eigenvalue weighted by molar-refractivity contribution is 5.84. The van der Waals surface area contributed by atoms with Crippen LogP contribution in [0.4, 0.5) is 4.79 Å². The molecule has 5 heteroatoms. The van der Waals surface area contributed by atoms with Crippen LogP contribution in [0, 0.1) is 5.92 Å². The van der Waals surface area contributed by atoms with Crippen LogP contribution in [0.2, 0.25) is 0 Å². The van der Waals surface area contributed by atoms with Crippen LogP contribution in [-0.4, -0.2) is 42.0 Å². The number of piperidine rings is 1. The number of nitrogens with zero attached hydrogens (tertiary/aromatic N) is 1. The number of hydrogen-bond donors (Lipinski definition) is 2. The van der Waals surface area contributed by atoms with Crippen molar-refractivity contribution in [1.29, 1.82) is 0 Å². The molecule has 1 saturated heterocycles. The predicted octanol–water partition coefficient (Wildman–Crippen LogP) is 1.34. The first-order chi connectivity index (χ1) is 8.28. The number of rotatable bonds is 2. The lowest BCUT2D eigenvalue weighted by atomic mass is 10.00. The van der Waals surface area contributed by atoms with E-state index in [-0.39, 0.29) is 24.0 Å². The molecule has 3 amide bonds. The quantitative estimate of drug-likeness (QED) is 0.782. The van der Waals surface area contributed by atoms with E-state index in [4.69, 9.17) is 0 Å². The molecular formula is C13H25N3O2. The summed E-state index contributed by atoms with van der Waals surface area (Å²) in [7, 11) is 0. The van der Waals surface area contributed by atoms with Crippen LogP contribution in [-0.2, 0) is 4.79 Å². The van der Waals surface area contributed by atoms with E-state index in [1.54, 1.807) is 4.90 Å². The smallest absolute Gasteiger partial charge is 0.317 e. The van der Waals surface area contributed by atoms with Crippen molar-refractivity contribution in [3.8, 4) is 0 Å². The van der Waals surface area contributed by atoms with Gasteiger partial charge >= 0.3 is 6.03 Å². The maximum absolute atomic E-state index is 11.8. The van der Waals surface area contributed by atoms with Crippen LogP contribution in [0.3, 0.4) is 0 Å². The summed E-state index contributed by atoms with van der Waals surface area (Å²) in [5, 5.41) is 5.48. The highest BCUT2D eigenvalue weighted by Crippen LogP contribution is 2.15. The minimum absolute atomic E-state index is 0.0438. The number of nitrogens with one attached hydrogen (secondary N) is 2. The fraction of sp³-hybridized carbons (Fsp3) is 0.846. The Labute approximate surface area is 109 Å². The molecule has 1 heterocycles. The summed E-state index contributed by atoms with van der Waals surface area (Å²) in [6.45, 7) is 9.56. The van der Waals surface area contributed by atoms with Gasteiger partial charge in [0, 0.05) is 18.6 Å². The molecule has 0 saturated carbocycles. The molecule has 104 valence electrons. The standard InChI is InChI=1S/C13H25N3O2/c1-10-5-7-16(8-6-10)12(18)14-9-11(17)15-13(2,3)4/h10H,5-9H2,1-4H3,(H,14,18)(H,15,17). The molecule has 2 N–H and O–H groups in total. The van der Waals surface area contributed by atoms with Crippen molar-refractivity contribution in [3.63, 3.8) is 0 Å². The summed E-state index contributed by atoms with van der Waals surface area (Å²) in [5.74, 6) is 0.541. The van der Waals surface area contributed by atoms with Crippen molar-refractivity contribution in [1.82, 2.24) is 15.5 Å².